The number of aromatic hydroxyl groups is 2. The van der Waals surface area contributed by atoms with Gasteiger partial charge in [0, 0.05) is 18.7 Å². The number of benzene rings is 2. The van der Waals surface area contributed by atoms with Crippen molar-refractivity contribution in [1.82, 2.24) is 14.4 Å². The number of nitrogens with one attached hydrogen (secondary N) is 1. The van der Waals surface area contributed by atoms with Crippen LogP contribution in [0.15, 0.2) is 42.6 Å². The Hall–Kier alpha value is -3.69. The number of rotatable bonds is 3. The summed E-state index contributed by atoms with van der Waals surface area (Å²) >= 11 is 0. The Morgan fingerprint density at radius 1 is 1.07 bits per heavy atom. The molecule has 3 N–H and O–H groups in total. The number of fused-ring (bicyclic) bond motifs is 3. The number of ether oxygens (including phenoxy) is 1. The average Bonchev–Trinajstić information content (AvgIpc) is 3.07. The van der Waals surface area contributed by atoms with Crippen molar-refractivity contribution in [3.63, 3.8) is 0 Å². The molecule has 28 heavy (non-hydrogen) atoms. The van der Waals surface area contributed by atoms with Crippen molar-refractivity contribution in [2.45, 2.75) is 6.36 Å². The fraction of sp³-hybridized carbons (Fsp3) is 0.111. The summed E-state index contributed by atoms with van der Waals surface area (Å²) in [6.45, 7) is 0. The van der Waals surface area contributed by atoms with Crippen LogP contribution in [0.4, 0.5) is 19.0 Å². The second-order valence-corrected chi connectivity index (χ2v) is 5.91. The molecule has 0 bridgehead atoms. The molecule has 0 aliphatic carbocycles. The van der Waals surface area contributed by atoms with Gasteiger partial charge in [-0.2, -0.15) is 0 Å². The number of nitrogens with zero attached hydrogens (tertiary/aromatic N) is 3. The maximum absolute atomic E-state index is 12.5. The van der Waals surface area contributed by atoms with Gasteiger partial charge < -0.3 is 20.3 Å². The highest BCUT2D eigenvalue weighted by Crippen LogP contribution is 2.34. The first kappa shape index (κ1) is 17.7. The molecule has 2 aromatic carbocycles. The first-order chi connectivity index (χ1) is 13.3. The lowest BCUT2D eigenvalue weighted by atomic mass is 10.1. The van der Waals surface area contributed by atoms with Crippen molar-refractivity contribution >= 4 is 22.5 Å². The lowest BCUT2D eigenvalue weighted by Gasteiger charge is -2.12. The van der Waals surface area contributed by atoms with Crippen LogP contribution in [0.3, 0.4) is 0 Å². The van der Waals surface area contributed by atoms with Crippen LogP contribution in [-0.4, -0.2) is 38.0 Å². The number of anilines is 1. The van der Waals surface area contributed by atoms with E-state index in [2.05, 4.69) is 20.0 Å². The summed E-state index contributed by atoms with van der Waals surface area (Å²) in [5.41, 5.74) is 2.29. The van der Waals surface area contributed by atoms with Crippen molar-refractivity contribution < 1.29 is 28.1 Å². The third-order valence-corrected chi connectivity index (χ3v) is 4.14. The van der Waals surface area contributed by atoms with E-state index in [0.717, 1.165) is 0 Å². The van der Waals surface area contributed by atoms with E-state index in [0.29, 0.717) is 28.2 Å². The second-order valence-electron chi connectivity index (χ2n) is 5.91. The Morgan fingerprint density at radius 2 is 1.86 bits per heavy atom. The molecule has 0 radical (unpaired) electrons. The third kappa shape index (κ3) is 2.98. The Kier molecular flexibility index (Phi) is 3.91. The topological polar surface area (TPSA) is 91.9 Å². The van der Waals surface area contributed by atoms with Gasteiger partial charge >= 0.3 is 6.36 Å². The molecule has 144 valence electrons. The molecule has 4 aromatic rings. The van der Waals surface area contributed by atoms with E-state index in [1.54, 1.807) is 23.7 Å². The summed E-state index contributed by atoms with van der Waals surface area (Å²) in [5, 5.41) is 22.2. The molecule has 0 spiro atoms. The molecular formula is C18H13F3N4O3. The number of phenolic OH excluding ortho intramolecular Hbond substituents is 2. The predicted molar refractivity (Wildman–Crippen MR) is 95.5 cm³/mol. The highest BCUT2D eigenvalue weighted by molar-refractivity contribution is 5.87. The van der Waals surface area contributed by atoms with Crippen molar-refractivity contribution in [2.24, 2.45) is 0 Å². The van der Waals surface area contributed by atoms with Crippen LogP contribution in [0.5, 0.6) is 17.2 Å². The van der Waals surface area contributed by atoms with E-state index >= 15 is 0 Å². The number of alkyl halides is 3. The normalized spacial score (nSPS) is 11.9. The molecule has 2 aromatic heterocycles. The summed E-state index contributed by atoms with van der Waals surface area (Å²) in [7, 11) is 1.62. The van der Waals surface area contributed by atoms with Gasteiger partial charge in [0.2, 0.25) is 0 Å². The van der Waals surface area contributed by atoms with E-state index in [-0.39, 0.29) is 17.0 Å². The third-order valence-electron chi connectivity index (χ3n) is 4.14. The fourth-order valence-electron chi connectivity index (χ4n) is 2.97. The van der Waals surface area contributed by atoms with Gasteiger partial charge in [-0.05, 0) is 30.3 Å². The molecule has 0 atom stereocenters. The Bertz CT molecular complexity index is 1200. The Labute approximate surface area is 155 Å². The van der Waals surface area contributed by atoms with Crippen LogP contribution in [0, 0.1) is 0 Å². The number of hydrogen-bond acceptors (Lipinski definition) is 6. The first-order valence-electron chi connectivity index (χ1n) is 8.04. The lowest BCUT2D eigenvalue weighted by molar-refractivity contribution is -0.274. The molecule has 0 fully saturated rings. The van der Waals surface area contributed by atoms with E-state index in [1.165, 1.54) is 30.3 Å². The van der Waals surface area contributed by atoms with E-state index in [4.69, 9.17) is 0 Å². The molecule has 0 aliphatic rings. The van der Waals surface area contributed by atoms with Crippen LogP contribution in [-0.2, 0) is 0 Å². The first-order valence-corrected chi connectivity index (χ1v) is 8.04. The molecule has 0 saturated carbocycles. The predicted octanol–water partition coefficient (Wildman–Crippen LogP) is 3.90. The Balaban J connectivity index is 1.99. The van der Waals surface area contributed by atoms with E-state index in [9.17, 15) is 23.4 Å². The summed E-state index contributed by atoms with van der Waals surface area (Å²) in [5.74, 6) is -0.613. The van der Waals surface area contributed by atoms with Gasteiger partial charge in [-0.3, -0.25) is 4.40 Å². The van der Waals surface area contributed by atoms with Crippen molar-refractivity contribution in [3.8, 4) is 28.5 Å². The van der Waals surface area contributed by atoms with Gasteiger partial charge in [0.05, 0.1) is 22.9 Å². The lowest BCUT2D eigenvalue weighted by Crippen LogP contribution is -2.17. The summed E-state index contributed by atoms with van der Waals surface area (Å²) in [6, 6.07) is 8.11. The van der Waals surface area contributed by atoms with Crippen LogP contribution in [0.1, 0.15) is 0 Å². The zero-order chi connectivity index (χ0) is 20.1. The maximum atomic E-state index is 12.5. The second kappa shape index (κ2) is 6.19. The standard InChI is InChI=1S/C18H13F3N4O3/c1-22-16-17-23-8-13(9-2-5-14(26)15(27)6-9)25(17)12-4-3-10(7-11(12)24-16)28-18(19,20)21/h2-8,26-27H,1H3,(H,22,24). The largest absolute Gasteiger partial charge is 0.573 e. The molecule has 0 aliphatic heterocycles. The number of phenols is 2. The SMILES string of the molecule is CNc1nc2cc(OC(F)(F)F)ccc2n2c(-c3ccc(O)c(O)c3)cnc12. The highest BCUT2D eigenvalue weighted by Gasteiger charge is 2.31. The molecule has 0 saturated heterocycles. The van der Waals surface area contributed by atoms with Crippen LogP contribution < -0.4 is 10.1 Å². The maximum Gasteiger partial charge on any atom is 0.573 e. The quantitative estimate of drug-likeness (QED) is 0.460. The van der Waals surface area contributed by atoms with Crippen molar-refractivity contribution in [3.05, 3.63) is 42.6 Å². The van der Waals surface area contributed by atoms with Gasteiger partial charge in [0.25, 0.3) is 0 Å². The molecule has 10 heteroatoms. The van der Waals surface area contributed by atoms with Crippen LogP contribution in [0.25, 0.3) is 27.9 Å². The van der Waals surface area contributed by atoms with Crippen LogP contribution in [0.2, 0.25) is 0 Å². The zero-order valence-corrected chi connectivity index (χ0v) is 14.3. The number of halogens is 3. The molecule has 0 unspecified atom stereocenters. The van der Waals surface area contributed by atoms with Gasteiger partial charge in [-0.25, -0.2) is 9.97 Å². The zero-order valence-electron chi connectivity index (χ0n) is 14.3. The molecule has 2 heterocycles. The van der Waals surface area contributed by atoms with Crippen molar-refractivity contribution in [2.75, 3.05) is 12.4 Å². The van der Waals surface area contributed by atoms with E-state index in [1.807, 2.05) is 0 Å². The number of aromatic nitrogens is 3. The number of hydrogen-bond donors (Lipinski definition) is 3. The average molecular weight is 390 g/mol. The van der Waals surface area contributed by atoms with Crippen LogP contribution >= 0.6 is 0 Å². The molecule has 4 rings (SSSR count). The highest BCUT2D eigenvalue weighted by atomic mass is 19.4. The minimum absolute atomic E-state index is 0.251. The monoisotopic (exact) mass is 390 g/mol. The van der Waals surface area contributed by atoms with Gasteiger partial charge in [-0.15, -0.1) is 13.2 Å². The number of imidazole rings is 1. The Morgan fingerprint density at radius 3 is 2.54 bits per heavy atom. The van der Waals surface area contributed by atoms with E-state index < -0.39 is 12.1 Å². The van der Waals surface area contributed by atoms with Crippen molar-refractivity contribution in [1.29, 1.82) is 0 Å². The van der Waals surface area contributed by atoms with Gasteiger partial charge in [0.15, 0.2) is 23.0 Å². The fourth-order valence-corrected chi connectivity index (χ4v) is 2.97. The summed E-state index contributed by atoms with van der Waals surface area (Å²) in [4.78, 5) is 8.65. The smallest absolute Gasteiger partial charge is 0.504 e. The summed E-state index contributed by atoms with van der Waals surface area (Å²) < 4.78 is 43.3. The minimum atomic E-state index is -4.81. The summed E-state index contributed by atoms with van der Waals surface area (Å²) in [6.07, 6.45) is -3.27. The molecular weight excluding hydrogens is 377 g/mol. The molecule has 7 nitrogen and oxygen atoms in total. The van der Waals surface area contributed by atoms with Gasteiger partial charge in [0.1, 0.15) is 5.75 Å². The minimum Gasteiger partial charge on any atom is -0.504 e. The van der Waals surface area contributed by atoms with Gasteiger partial charge in [-0.1, -0.05) is 0 Å². The molecule has 0 amide bonds.